The van der Waals surface area contributed by atoms with Gasteiger partial charge in [0.05, 0.1) is 23.9 Å². The van der Waals surface area contributed by atoms with Crippen LogP contribution >= 0.6 is 0 Å². The number of ether oxygens (including phenoxy) is 2. The van der Waals surface area contributed by atoms with Crippen molar-refractivity contribution in [2.75, 3.05) is 6.54 Å². The van der Waals surface area contributed by atoms with Crippen LogP contribution in [-0.2, 0) is 9.47 Å². The van der Waals surface area contributed by atoms with E-state index in [1.807, 2.05) is 0 Å². The summed E-state index contributed by atoms with van der Waals surface area (Å²) in [6.07, 6.45) is 7.77. The van der Waals surface area contributed by atoms with E-state index in [0.717, 1.165) is 51.4 Å². The van der Waals surface area contributed by atoms with Gasteiger partial charge in [0.25, 0.3) is 0 Å². The summed E-state index contributed by atoms with van der Waals surface area (Å²) in [5.41, 5.74) is 5.83. The third-order valence-electron chi connectivity index (χ3n) is 11.3. The van der Waals surface area contributed by atoms with Crippen molar-refractivity contribution in [1.29, 1.82) is 0 Å². The second kappa shape index (κ2) is 8.17. The second-order valence-corrected chi connectivity index (χ2v) is 12.4. The van der Waals surface area contributed by atoms with Crippen molar-refractivity contribution in [3.05, 3.63) is 0 Å². The molecule has 5 fully saturated rings. The van der Waals surface area contributed by atoms with Crippen molar-refractivity contribution >= 4 is 0 Å². The van der Waals surface area contributed by atoms with E-state index in [1.54, 1.807) is 6.92 Å². The maximum absolute atomic E-state index is 12.1. The number of aliphatic hydroxyl groups is 3. The lowest BCUT2D eigenvalue weighted by atomic mass is 9.43. The molecule has 32 heavy (non-hydrogen) atoms. The van der Waals surface area contributed by atoms with E-state index >= 15 is 0 Å². The molecule has 4 saturated carbocycles. The molecule has 0 aromatic heterocycles. The van der Waals surface area contributed by atoms with Crippen molar-refractivity contribution in [3.8, 4) is 0 Å². The fourth-order valence-corrected chi connectivity index (χ4v) is 9.13. The van der Waals surface area contributed by atoms with E-state index in [1.165, 1.54) is 6.42 Å². The van der Waals surface area contributed by atoms with Gasteiger partial charge in [-0.2, -0.15) is 0 Å². The van der Waals surface area contributed by atoms with Gasteiger partial charge in [-0.25, -0.2) is 0 Å². The predicted molar refractivity (Wildman–Crippen MR) is 122 cm³/mol. The zero-order chi connectivity index (χ0) is 22.9. The van der Waals surface area contributed by atoms with Crippen LogP contribution < -0.4 is 5.73 Å². The molecule has 184 valence electrons. The zero-order valence-electron chi connectivity index (χ0n) is 20.2. The minimum absolute atomic E-state index is 0.0210. The van der Waals surface area contributed by atoms with Crippen molar-refractivity contribution in [3.63, 3.8) is 0 Å². The van der Waals surface area contributed by atoms with E-state index < -0.39 is 30.2 Å². The lowest BCUT2D eigenvalue weighted by molar-refractivity contribution is -0.270. The van der Waals surface area contributed by atoms with E-state index in [0.29, 0.717) is 36.6 Å². The monoisotopic (exact) mass is 451 g/mol. The van der Waals surface area contributed by atoms with Gasteiger partial charge in [0.1, 0.15) is 6.10 Å². The summed E-state index contributed by atoms with van der Waals surface area (Å²) in [7, 11) is 0. The maximum atomic E-state index is 12.1. The topological polar surface area (TPSA) is 105 Å². The highest BCUT2D eigenvalue weighted by Gasteiger charge is 2.66. The van der Waals surface area contributed by atoms with E-state index in [9.17, 15) is 15.3 Å². The van der Waals surface area contributed by atoms with Crippen LogP contribution in [0.5, 0.6) is 0 Å². The van der Waals surface area contributed by atoms with Crippen LogP contribution in [0.15, 0.2) is 0 Å². The molecule has 1 heterocycles. The van der Waals surface area contributed by atoms with Gasteiger partial charge in [0, 0.05) is 11.8 Å². The molecule has 6 heteroatoms. The van der Waals surface area contributed by atoms with E-state index in [-0.39, 0.29) is 16.9 Å². The van der Waals surface area contributed by atoms with Gasteiger partial charge >= 0.3 is 0 Å². The molecule has 0 aromatic carbocycles. The molecular weight excluding hydrogens is 406 g/mol. The Hall–Kier alpha value is -0.240. The number of nitrogens with two attached hydrogens (primary N) is 1. The number of hydrogen-bond acceptors (Lipinski definition) is 6. The Morgan fingerprint density at radius 1 is 0.969 bits per heavy atom. The van der Waals surface area contributed by atoms with Gasteiger partial charge in [-0.05, 0) is 100 Å². The van der Waals surface area contributed by atoms with Crippen molar-refractivity contribution in [1.82, 2.24) is 0 Å². The second-order valence-electron chi connectivity index (χ2n) is 12.4. The Labute approximate surface area is 193 Å². The molecule has 0 radical (unpaired) electrons. The van der Waals surface area contributed by atoms with Crippen LogP contribution in [0.3, 0.4) is 0 Å². The molecular formula is C26H45NO5. The average Bonchev–Trinajstić information content (AvgIpc) is 3.03. The van der Waals surface area contributed by atoms with Crippen LogP contribution in [0, 0.1) is 34.5 Å². The van der Waals surface area contributed by atoms with Gasteiger partial charge in [-0.15, -0.1) is 0 Å². The van der Waals surface area contributed by atoms with Crippen molar-refractivity contribution < 1.29 is 24.8 Å². The highest BCUT2D eigenvalue weighted by atomic mass is 16.7. The number of aliphatic hydroxyl groups excluding tert-OH is 2. The number of rotatable bonds is 3. The summed E-state index contributed by atoms with van der Waals surface area (Å²) in [5.74, 6) is 2.05. The highest BCUT2D eigenvalue weighted by Crippen LogP contribution is 2.68. The van der Waals surface area contributed by atoms with Gasteiger partial charge in [0.2, 0.25) is 0 Å². The Morgan fingerprint density at radius 2 is 1.75 bits per heavy atom. The van der Waals surface area contributed by atoms with E-state index in [4.69, 9.17) is 15.2 Å². The summed E-state index contributed by atoms with van der Waals surface area (Å²) < 4.78 is 12.2. The summed E-state index contributed by atoms with van der Waals surface area (Å²) >= 11 is 0. The highest BCUT2D eigenvalue weighted by molar-refractivity contribution is 5.16. The number of hydrogen-bond donors (Lipinski definition) is 4. The molecule has 1 aliphatic heterocycles. The van der Waals surface area contributed by atoms with Crippen LogP contribution in [0.2, 0.25) is 0 Å². The normalized spacial score (nSPS) is 58.0. The molecule has 12 atom stereocenters. The Balaban J connectivity index is 1.27. The minimum Gasteiger partial charge on any atom is -0.390 e. The van der Waals surface area contributed by atoms with Crippen LogP contribution in [0.1, 0.15) is 85.0 Å². The molecule has 4 aliphatic carbocycles. The molecule has 0 bridgehead atoms. The van der Waals surface area contributed by atoms with Gasteiger partial charge in [0.15, 0.2) is 6.29 Å². The first-order valence-corrected chi connectivity index (χ1v) is 13.2. The third-order valence-corrected chi connectivity index (χ3v) is 11.3. The Kier molecular flexibility index (Phi) is 6.00. The average molecular weight is 452 g/mol. The van der Waals surface area contributed by atoms with Gasteiger partial charge < -0.3 is 30.5 Å². The molecule has 1 saturated heterocycles. The largest absolute Gasteiger partial charge is 0.390 e. The van der Waals surface area contributed by atoms with Gasteiger partial charge in [-0.3, -0.25) is 0 Å². The Morgan fingerprint density at radius 3 is 2.47 bits per heavy atom. The first-order valence-electron chi connectivity index (χ1n) is 13.2. The standard InChI is InChI=1S/C26H45NO5/c1-15-23(29)21(28)13-22(31-15)32-18-7-9-24(2)16(12-18)4-5-20-19(24)8-10-25(3)17(14-27)6-11-26(20,25)30/h15-23,28-30H,4-14,27H2,1-3H3/t15-,16-,17-,18+,19+,20-,21+,22+,23-,24+,25-,26+/m1/s1. The third kappa shape index (κ3) is 3.35. The van der Waals surface area contributed by atoms with Crippen LogP contribution in [0.25, 0.3) is 0 Å². The summed E-state index contributed by atoms with van der Waals surface area (Å²) in [4.78, 5) is 0. The molecule has 0 spiro atoms. The summed E-state index contributed by atoms with van der Waals surface area (Å²) in [5, 5.41) is 32.1. The Bertz CT molecular complexity index is 694. The lowest BCUT2D eigenvalue weighted by Crippen LogP contribution is -2.62. The van der Waals surface area contributed by atoms with Crippen molar-refractivity contribution in [2.24, 2.45) is 40.2 Å². The fourth-order valence-electron chi connectivity index (χ4n) is 9.13. The first kappa shape index (κ1) is 23.5. The maximum Gasteiger partial charge on any atom is 0.161 e. The lowest BCUT2D eigenvalue weighted by Gasteiger charge is -2.63. The molecule has 5 aliphatic rings. The molecule has 6 nitrogen and oxygen atoms in total. The van der Waals surface area contributed by atoms with Crippen LogP contribution in [0.4, 0.5) is 0 Å². The SMILES string of the molecule is C[C@H]1O[C@@H](O[C@H]2CC[C@@]3(C)[C@H](CC[C@@H]4[C@@H]3CC[C@]3(C)[C@@H](CN)CC[C@]43O)C2)C[C@H](O)[C@@H]1O. The van der Waals surface area contributed by atoms with E-state index in [2.05, 4.69) is 13.8 Å². The zero-order valence-corrected chi connectivity index (χ0v) is 20.2. The molecule has 0 unspecified atom stereocenters. The van der Waals surface area contributed by atoms with Crippen molar-refractivity contribution in [2.45, 2.75) is 121 Å². The minimum atomic E-state index is -0.836. The number of fused-ring (bicyclic) bond motifs is 5. The molecule has 5 rings (SSSR count). The quantitative estimate of drug-likeness (QED) is 0.492. The van der Waals surface area contributed by atoms with Crippen LogP contribution in [-0.4, -0.2) is 58.2 Å². The molecule has 0 aromatic rings. The summed E-state index contributed by atoms with van der Waals surface area (Å²) in [6, 6.07) is 0. The molecule has 5 N–H and O–H groups in total. The fraction of sp³-hybridized carbons (Fsp3) is 1.00. The summed E-state index contributed by atoms with van der Waals surface area (Å²) in [6.45, 7) is 7.31. The van der Waals surface area contributed by atoms with Gasteiger partial charge in [-0.1, -0.05) is 13.8 Å². The first-order chi connectivity index (χ1) is 15.1. The predicted octanol–water partition coefficient (Wildman–Crippen LogP) is 2.96. The molecule has 0 amide bonds. The smallest absolute Gasteiger partial charge is 0.161 e.